The van der Waals surface area contributed by atoms with Gasteiger partial charge in [0, 0.05) is 30.5 Å². The highest BCUT2D eigenvalue weighted by Gasteiger charge is 2.34. The average Bonchev–Trinajstić information content (AvgIpc) is 3.45. The number of likely N-dealkylation sites (N-methyl/N-ethyl adjacent to an activating group) is 1. The first kappa shape index (κ1) is 30.0. The summed E-state index contributed by atoms with van der Waals surface area (Å²) in [6, 6.07) is 23.0. The molecule has 3 aromatic carbocycles. The number of hydrogen-bond donors (Lipinski definition) is 1. The standard InChI is InChI=1S/C31H36BrN3O4S/c1-23-12-18-28(19-13-23)40(38,39)34(2)22-30(36)35(21-25-14-16-26(32)17-15-25)29(20-24-8-4-3-5-9-24)31(37)33-27-10-6-7-11-27/h3-5,8-9,12-19,27,29H,6-7,10-11,20-22H2,1-2H3,(H,33,37)/t29-/m0/s1. The molecule has 3 aromatic rings. The van der Waals surface area contributed by atoms with Crippen LogP contribution in [0.1, 0.15) is 42.4 Å². The first-order valence-electron chi connectivity index (χ1n) is 13.5. The second kappa shape index (κ2) is 13.6. The van der Waals surface area contributed by atoms with Gasteiger partial charge in [0.15, 0.2) is 0 Å². The first-order valence-corrected chi connectivity index (χ1v) is 15.8. The molecule has 40 heavy (non-hydrogen) atoms. The Kier molecular flexibility index (Phi) is 10.2. The summed E-state index contributed by atoms with van der Waals surface area (Å²) in [5, 5.41) is 3.17. The quantitative estimate of drug-likeness (QED) is 0.322. The highest BCUT2D eigenvalue weighted by Crippen LogP contribution is 2.22. The normalized spacial score (nSPS) is 14.7. The van der Waals surface area contributed by atoms with Gasteiger partial charge in [-0.15, -0.1) is 0 Å². The minimum atomic E-state index is -3.91. The molecule has 9 heteroatoms. The second-order valence-electron chi connectivity index (χ2n) is 10.4. The van der Waals surface area contributed by atoms with Crippen molar-refractivity contribution in [2.75, 3.05) is 13.6 Å². The van der Waals surface area contributed by atoms with E-state index in [9.17, 15) is 18.0 Å². The molecule has 1 aliphatic carbocycles. The molecule has 0 aliphatic heterocycles. The Balaban J connectivity index is 1.65. The Bertz CT molecular complexity index is 1390. The Labute approximate surface area is 245 Å². The summed E-state index contributed by atoms with van der Waals surface area (Å²) in [5.74, 6) is -0.658. The summed E-state index contributed by atoms with van der Waals surface area (Å²) in [6.07, 6.45) is 4.29. The fourth-order valence-electron chi connectivity index (χ4n) is 4.96. The van der Waals surface area contributed by atoms with Crippen molar-refractivity contribution in [2.45, 2.75) is 62.6 Å². The number of carbonyl (C=O) groups is 2. The highest BCUT2D eigenvalue weighted by atomic mass is 79.9. The molecule has 0 spiro atoms. The Morgan fingerprint density at radius 1 is 0.925 bits per heavy atom. The summed E-state index contributed by atoms with van der Waals surface area (Å²) < 4.78 is 28.5. The minimum Gasteiger partial charge on any atom is -0.352 e. The maximum atomic E-state index is 14.0. The van der Waals surface area contributed by atoms with Crippen LogP contribution in [-0.2, 0) is 32.6 Å². The van der Waals surface area contributed by atoms with E-state index in [1.54, 1.807) is 24.3 Å². The monoisotopic (exact) mass is 625 g/mol. The van der Waals surface area contributed by atoms with Crippen LogP contribution in [0.4, 0.5) is 0 Å². The van der Waals surface area contributed by atoms with Crippen molar-refractivity contribution in [2.24, 2.45) is 0 Å². The van der Waals surface area contributed by atoms with E-state index in [2.05, 4.69) is 21.2 Å². The third kappa shape index (κ3) is 7.80. The van der Waals surface area contributed by atoms with Gasteiger partial charge in [0.2, 0.25) is 21.8 Å². The Morgan fingerprint density at radius 2 is 1.55 bits per heavy atom. The van der Waals surface area contributed by atoms with Crippen LogP contribution in [0.25, 0.3) is 0 Å². The maximum Gasteiger partial charge on any atom is 0.243 e. The van der Waals surface area contributed by atoms with Crippen molar-refractivity contribution in [3.8, 4) is 0 Å². The maximum absolute atomic E-state index is 14.0. The molecule has 0 heterocycles. The largest absolute Gasteiger partial charge is 0.352 e. The number of halogens is 1. The molecule has 1 aliphatic rings. The van der Waals surface area contributed by atoms with Gasteiger partial charge < -0.3 is 10.2 Å². The number of amides is 2. The zero-order chi connectivity index (χ0) is 28.7. The number of rotatable bonds is 11. The molecule has 0 saturated heterocycles. The van der Waals surface area contributed by atoms with E-state index in [4.69, 9.17) is 0 Å². The fourth-order valence-corrected chi connectivity index (χ4v) is 6.35. The molecule has 0 radical (unpaired) electrons. The molecule has 0 aromatic heterocycles. The zero-order valence-electron chi connectivity index (χ0n) is 22.9. The number of aryl methyl sites for hydroxylation is 1. The zero-order valence-corrected chi connectivity index (χ0v) is 25.3. The first-order chi connectivity index (χ1) is 19.1. The van der Waals surface area contributed by atoms with E-state index in [0.29, 0.717) is 6.42 Å². The number of sulfonamides is 1. The molecular formula is C31H36BrN3O4S. The lowest BCUT2D eigenvalue weighted by Crippen LogP contribution is -2.54. The summed E-state index contributed by atoms with van der Waals surface area (Å²) in [7, 11) is -2.51. The highest BCUT2D eigenvalue weighted by molar-refractivity contribution is 9.10. The van der Waals surface area contributed by atoms with Crippen LogP contribution >= 0.6 is 15.9 Å². The molecule has 212 valence electrons. The Morgan fingerprint density at radius 3 is 2.17 bits per heavy atom. The van der Waals surface area contributed by atoms with Crippen LogP contribution in [0.5, 0.6) is 0 Å². The summed E-state index contributed by atoms with van der Waals surface area (Å²) >= 11 is 3.45. The van der Waals surface area contributed by atoms with Crippen molar-refractivity contribution in [1.29, 1.82) is 0 Å². The van der Waals surface area contributed by atoms with E-state index < -0.39 is 28.5 Å². The molecule has 7 nitrogen and oxygen atoms in total. The van der Waals surface area contributed by atoms with Crippen LogP contribution in [0.2, 0.25) is 0 Å². The van der Waals surface area contributed by atoms with E-state index >= 15 is 0 Å². The molecule has 1 atom stereocenters. The second-order valence-corrected chi connectivity index (χ2v) is 13.4. The van der Waals surface area contributed by atoms with Gasteiger partial charge in [0.25, 0.3) is 0 Å². The van der Waals surface area contributed by atoms with Crippen molar-refractivity contribution < 1.29 is 18.0 Å². The molecule has 1 fully saturated rings. The predicted octanol–water partition coefficient (Wildman–Crippen LogP) is 5.08. The van der Waals surface area contributed by atoms with E-state index in [1.165, 1.54) is 11.9 Å². The average molecular weight is 627 g/mol. The van der Waals surface area contributed by atoms with Crippen LogP contribution in [0.15, 0.2) is 88.2 Å². The lowest BCUT2D eigenvalue weighted by molar-refractivity contribution is -0.141. The van der Waals surface area contributed by atoms with E-state index in [1.807, 2.05) is 61.5 Å². The lowest BCUT2D eigenvalue weighted by atomic mass is 10.0. The predicted molar refractivity (Wildman–Crippen MR) is 160 cm³/mol. The van der Waals surface area contributed by atoms with Gasteiger partial charge in [-0.25, -0.2) is 8.42 Å². The molecule has 4 rings (SSSR count). The number of nitrogens with zero attached hydrogens (tertiary/aromatic N) is 2. The van der Waals surface area contributed by atoms with Gasteiger partial charge in [-0.2, -0.15) is 4.31 Å². The van der Waals surface area contributed by atoms with Crippen LogP contribution < -0.4 is 5.32 Å². The molecule has 2 amide bonds. The SMILES string of the molecule is Cc1ccc(S(=O)(=O)N(C)CC(=O)N(Cc2ccc(Br)cc2)[C@@H](Cc2ccccc2)C(=O)NC2CCCC2)cc1. The third-order valence-electron chi connectivity index (χ3n) is 7.33. The van der Waals surface area contributed by atoms with Gasteiger partial charge in [0.05, 0.1) is 11.4 Å². The number of nitrogens with one attached hydrogen (secondary N) is 1. The van der Waals surface area contributed by atoms with Crippen LogP contribution in [0.3, 0.4) is 0 Å². The van der Waals surface area contributed by atoms with Crippen LogP contribution in [-0.4, -0.2) is 55.1 Å². The van der Waals surface area contributed by atoms with Crippen molar-refractivity contribution in [3.63, 3.8) is 0 Å². The molecule has 0 unspecified atom stereocenters. The van der Waals surface area contributed by atoms with Crippen LogP contribution in [0, 0.1) is 6.92 Å². The number of benzene rings is 3. The topological polar surface area (TPSA) is 86.8 Å². The fraction of sp³-hybridized carbons (Fsp3) is 0.355. The molecule has 0 bridgehead atoms. The van der Waals surface area contributed by atoms with Gasteiger partial charge in [-0.05, 0) is 55.2 Å². The van der Waals surface area contributed by atoms with Crippen molar-refractivity contribution in [3.05, 3.63) is 100 Å². The summed E-state index contributed by atoms with van der Waals surface area (Å²) in [5.41, 5.74) is 2.70. The molecule has 1 N–H and O–H groups in total. The smallest absolute Gasteiger partial charge is 0.243 e. The Hall–Kier alpha value is -3.01. The number of hydrogen-bond acceptors (Lipinski definition) is 4. The minimum absolute atomic E-state index is 0.0833. The summed E-state index contributed by atoms with van der Waals surface area (Å²) in [6.45, 7) is 1.65. The molecule has 1 saturated carbocycles. The van der Waals surface area contributed by atoms with E-state index in [0.717, 1.165) is 51.2 Å². The van der Waals surface area contributed by atoms with Gasteiger partial charge in [-0.1, -0.05) is 88.9 Å². The third-order valence-corrected chi connectivity index (χ3v) is 9.67. The summed E-state index contributed by atoms with van der Waals surface area (Å²) in [4.78, 5) is 29.4. The van der Waals surface area contributed by atoms with Gasteiger partial charge in [-0.3, -0.25) is 9.59 Å². The lowest BCUT2D eigenvalue weighted by Gasteiger charge is -2.33. The van der Waals surface area contributed by atoms with Gasteiger partial charge >= 0.3 is 0 Å². The molecular weight excluding hydrogens is 590 g/mol. The van der Waals surface area contributed by atoms with Gasteiger partial charge in [0.1, 0.15) is 6.04 Å². The van der Waals surface area contributed by atoms with E-state index in [-0.39, 0.29) is 23.4 Å². The number of carbonyl (C=O) groups excluding carboxylic acids is 2. The van der Waals surface area contributed by atoms with Crippen molar-refractivity contribution >= 4 is 37.8 Å². The van der Waals surface area contributed by atoms with Crippen molar-refractivity contribution in [1.82, 2.24) is 14.5 Å².